The summed E-state index contributed by atoms with van der Waals surface area (Å²) in [5.41, 5.74) is 1.54. The Kier molecular flexibility index (Phi) is 6.66. The van der Waals surface area contributed by atoms with Gasteiger partial charge < -0.3 is 9.47 Å². The number of hydrogen-bond donors (Lipinski definition) is 0. The molecule has 26 heavy (non-hydrogen) atoms. The second-order valence-electron chi connectivity index (χ2n) is 9.69. The van der Waals surface area contributed by atoms with E-state index in [4.69, 9.17) is 9.47 Å². The first-order chi connectivity index (χ1) is 12.4. The predicted molar refractivity (Wildman–Crippen MR) is 108 cm³/mol. The quantitative estimate of drug-likeness (QED) is 0.523. The van der Waals surface area contributed by atoms with E-state index < -0.39 is 0 Å². The summed E-state index contributed by atoms with van der Waals surface area (Å²) in [6.45, 7) is 8.99. The minimum atomic E-state index is -0.146. The van der Waals surface area contributed by atoms with Crippen LogP contribution in [0.25, 0.3) is 0 Å². The van der Waals surface area contributed by atoms with Crippen molar-refractivity contribution in [3.63, 3.8) is 0 Å². The highest BCUT2D eigenvalue weighted by atomic mass is 16.7. The van der Waals surface area contributed by atoms with Gasteiger partial charge in [-0.15, -0.1) is 0 Å². The molecule has 146 valence electrons. The van der Waals surface area contributed by atoms with E-state index in [0.717, 1.165) is 30.4 Å². The molecule has 0 aromatic heterocycles. The number of rotatable bonds is 6. The van der Waals surface area contributed by atoms with E-state index in [1.165, 1.54) is 50.5 Å². The molecule has 3 rings (SSSR count). The smallest absolute Gasteiger partial charge is 0.200 e. The number of benzene rings is 1. The van der Waals surface area contributed by atoms with E-state index in [2.05, 4.69) is 52.0 Å². The largest absolute Gasteiger partial charge is 0.465 e. The van der Waals surface area contributed by atoms with Crippen LogP contribution in [0, 0.1) is 17.3 Å². The van der Waals surface area contributed by atoms with Crippen molar-refractivity contribution in [1.29, 1.82) is 0 Å². The Morgan fingerprint density at radius 1 is 0.962 bits per heavy atom. The third kappa shape index (κ3) is 5.74. The molecule has 4 atom stereocenters. The molecule has 1 aromatic carbocycles. The Bertz CT molecular complexity index is 542. The summed E-state index contributed by atoms with van der Waals surface area (Å²) in [5.74, 6) is 2.79. The third-order valence-corrected chi connectivity index (χ3v) is 6.21. The first-order valence-corrected chi connectivity index (χ1v) is 10.8. The van der Waals surface area contributed by atoms with Crippen LogP contribution < -0.4 is 4.74 Å². The second kappa shape index (κ2) is 8.78. The third-order valence-electron chi connectivity index (χ3n) is 6.21. The van der Waals surface area contributed by atoms with Crippen molar-refractivity contribution in [3.05, 3.63) is 29.8 Å². The number of hydrogen-bond acceptors (Lipinski definition) is 2. The molecule has 0 amide bonds. The number of fused-ring (bicyclic) bond motifs is 1. The summed E-state index contributed by atoms with van der Waals surface area (Å²) in [6.07, 6.45) is 11.7. The zero-order valence-corrected chi connectivity index (χ0v) is 17.3. The van der Waals surface area contributed by atoms with Gasteiger partial charge in [-0.1, -0.05) is 65.5 Å². The molecule has 1 aromatic rings. The molecular weight excluding hydrogens is 320 g/mol. The van der Waals surface area contributed by atoms with Crippen LogP contribution in [0.3, 0.4) is 0 Å². The highest BCUT2D eigenvalue weighted by Crippen LogP contribution is 2.42. The lowest BCUT2D eigenvalue weighted by Gasteiger charge is -2.40. The average molecular weight is 359 g/mol. The van der Waals surface area contributed by atoms with Crippen LogP contribution in [0.5, 0.6) is 5.75 Å². The minimum Gasteiger partial charge on any atom is -0.465 e. The highest BCUT2D eigenvalue weighted by molar-refractivity contribution is 5.27. The van der Waals surface area contributed by atoms with Gasteiger partial charge in [0.1, 0.15) is 5.75 Å². The topological polar surface area (TPSA) is 18.5 Å². The second-order valence-corrected chi connectivity index (χ2v) is 9.69. The molecule has 2 nitrogen and oxygen atoms in total. The van der Waals surface area contributed by atoms with E-state index in [1.807, 2.05) is 0 Å². The Morgan fingerprint density at radius 3 is 2.31 bits per heavy atom. The summed E-state index contributed by atoms with van der Waals surface area (Å²) < 4.78 is 12.9. The summed E-state index contributed by atoms with van der Waals surface area (Å²) in [5, 5.41) is 0. The summed E-state index contributed by atoms with van der Waals surface area (Å²) >= 11 is 0. The van der Waals surface area contributed by atoms with Crippen LogP contribution in [0.1, 0.15) is 84.6 Å². The minimum absolute atomic E-state index is 0.146. The molecule has 0 spiro atoms. The maximum Gasteiger partial charge on any atom is 0.200 e. The molecule has 0 bridgehead atoms. The van der Waals surface area contributed by atoms with Gasteiger partial charge in [0, 0.05) is 6.42 Å². The van der Waals surface area contributed by atoms with Gasteiger partial charge in [-0.3, -0.25) is 0 Å². The van der Waals surface area contributed by atoms with Gasteiger partial charge in [0.25, 0.3) is 0 Å². The molecule has 2 aliphatic rings. The van der Waals surface area contributed by atoms with Gasteiger partial charge in [0.05, 0.1) is 6.10 Å². The van der Waals surface area contributed by atoms with Crippen LogP contribution in [0.2, 0.25) is 0 Å². The normalized spacial score (nSPS) is 27.6. The maximum atomic E-state index is 6.55. The summed E-state index contributed by atoms with van der Waals surface area (Å²) in [4.78, 5) is 0. The molecular formula is C24H38O2. The molecule has 2 heteroatoms. The van der Waals surface area contributed by atoms with Gasteiger partial charge in [-0.2, -0.15) is 0 Å². The van der Waals surface area contributed by atoms with Crippen LogP contribution in [0.15, 0.2) is 24.3 Å². The van der Waals surface area contributed by atoms with Crippen LogP contribution in [-0.2, 0) is 11.2 Å². The zero-order chi connectivity index (χ0) is 18.6. The van der Waals surface area contributed by atoms with E-state index >= 15 is 0 Å². The van der Waals surface area contributed by atoms with Gasteiger partial charge in [-0.25, -0.2) is 0 Å². The van der Waals surface area contributed by atoms with Gasteiger partial charge in [0.15, 0.2) is 0 Å². The zero-order valence-electron chi connectivity index (χ0n) is 17.3. The Labute approximate surface area is 160 Å². The molecule has 0 N–H and O–H groups in total. The SMILES string of the molecule is CCc1ccc(OC(CC(C)(C)C)OC2CCC3CCCCC3C2)cc1. The molecule has 4 unspecified atom stereocenters. The first-order valence-electron chi connectivity index (χ1n) is 10.8. The summed E-state index contributed by atoms with van der Waals surface area (Å²) in [7, 11) is 0. The Hall–Kier alpha value is -1.02. The predicted octanol–water partition coefficient (Wildman–Crippen LogP) is 6.77. The average Bonchev–Trinajstić information content (AvgIpc) is 2.61. The van der Waals surface area contributed by atoms with E-state index in [0.29, 0.717) is 6.10 Å². The highest BCUT2D eigenvalue weighted by Gasteiger charge is 2.34. The van der Waals surface area contributed by atoms with Crippen LogP contribution in [0.4, 0.5) is 0 Å². The van der Waals surface area contributed by atoms with Gasteiger partial charge in [0.2, 0.25) is 6.29 Å². The lowest BCUT2D eigenvalue weighted by Crippen LogP contribution is -2.37. The first kappa shape index (κ1) is 19.7. The van der Waals surface area contributed by atoms with Crippen molar-refractivity contribution in [2.45, 2.75) is 97.9 Å². The van der Waals surface area contributed by atoms with Gasteiger partial charge >= 0.3 is 0 Å². The van der Waals surface area contributed by atoms with Crippen molar-refractivity contribution in [2.24, 2.45) is 17.3 Å². The fourth-order valence-electron chi connectivity index (χ4n) is 4.74. The Morgan fingerprint density at radius 2 is 1.65 bits per heavy atom. The van der Waals surface area contributed by atoms with Gasteiger partial charge in [-0.05, 0) is 60.6 Å². The maximum absolute atomic E-state index is 6.55. The molecule has 0 radical (unpaired) electrons. The molecule has 2 saturated carbocycles. The van der Waals surface area contributed by atoms with E-state index in [9.17, 15) is 0 Å². The monoisotopic (exact) mass is 358 g/mol. The molecule has 0 saturated heterocycles. The van der Waals surface area contributed by atoms with E-state index in [-0.39, 0.29) is 11.7 Å². The number of aryl methyl sites for hydroxylation is 1. The standard InChI is InChI=1S/C24H38O2/c1-5-18-10-13-21(14-11-18)25-23(17-24(2,3)4)26-22-15-12-19-8-6-7-9-20(19)16-22/h10-11,13-14,19-20,22-23H,5-9,12,15-17H2,1-4H3. The molecule has 2 fully saturated rings. The fraction of sp³-hybridized carbons (Fsp3) is 0.750. The molecule has 0 heterocycles. The van der Waals surface area contributed by atoms with Crippen LogP contribution >= 0.6 is 0 Å². The fourth-order valence-corrected chi connectivity index (χ4v) is 4.74. The van der Waals surface area contributed by atoms with E-state index in [1.54, 1.807) is 0 Å². The lowest BCUT2D eigenvalue weighted by atomic mass is 9.70. The number of ether oxygens (including phenoxy) is 2. The van der Waals surface area contributed by atoms with Crippen molar-refractivity contribution < 1.29 is 9.47 Å². The lowest BCUT2D eigenvalue weighted by molar-refractivity contribution is -0.152. The van der Waals surface area contributed by atoms with Crippen molar-refractivity contribution in [2.75, 3.05) is 0 Å². The Balaban J connectivity index is 1.61. The van der Waals surface area contributed by atoms with Crippen molar-refractivity contribution >= 4 is 0 Å². The summed E-state index contributed by atoms with van der Waals surface area (Å²) in [6, 6.07) is 8.51. The molecule has 2 aliphatic carbocycles. The molecule has 0 aliphatic heterocycles. The van der Waals surface area contributed by atoms with Crippen molar-refractivity contribution in [3.8, 4) is 5.75 Å². The van der Waals surface area contributed by atoms with Crippen molar-refractivity contribution in [1.82, 2.24) is 0 Å². The van der Waals surface area contributed by atoms with Crippen LogP contribution in [-0.4, -0.2) is 12.4 Å².